The van der Waals surface area contributed by atoms with Gasteiger partial charge in [-0.25, -0.2) is 4.79 Å². The molecule has 0 spiro atoms. The minimum atomic E-state index is -0.970. The van der Waals surface area contributed by atoms with Gasteiger partial charge in [0, 0.05) is 16.2 Å². The number of hydrogen-bond donors (Lipinski definition) is 1. The third-order valence-electron chi connectivity index (χ3n) is 2.05. The number of aromatic nitrogens is 1. The molecule has 0 fully saturated rings. The van der Waals surface area contributed by atoms with Crippen molar-refractivity contribution in [1.82, 2.24) is 4.37 Å². The average molecular weight is 314 g/mol. The van der Waals surface area contributed by atoms with Crippen LogP contribution in [0.1, 0.15) is 15.2 Å². The van der Waals surface area contributed by atoms with Crippen molar-refractivity contribution in [3.8, 4) is 5.75 Å². The number of aromatic carboxylic acids is 1. The Kier molecular flexibility index (Phi) is 3.75. The summed E-state index contributed by atoms with van der Waals surface area (Å²) < 4.78 is 10.3. The Hall–Kier alpha value is -1.40. The van der Waals surface area contributed by atoms with Crippen molar-refractivity contribution in [2.45, 2.75) is 6.61 Å². The van der Waals surface area contributed by atoms with Crippen LogP contribution < -0.4 is 4.74 Å². The first-order chi connectivity index (χ1) is 8.16. The molecule has 1 aromatic heterocycles. The van der Waals surface area contributed by atoms with Gasteiger partial charge in [0.25, 0.3) is 0 Å². The maximum absolute atomic E-state index is 10.8. The van der Waals surface area contributed by atoms with Crippen molar-refractivity contribution in [2.24, 2.45) is 0 Å². The highest BCUT2D eigenvalue weighted by Crippen LogP contribution is 2.19. The molecule has 0 aliphatic heterocycles. The number of hydrogen-bond acceptors (Lipinski definition) is 4. The number of carboxylic acid groups (broad SMARTS) is 1. The van der Waals surface area contributed by atoms with E-state index in [4.69, 9.17) is 9.84 Å². The predicted octanol–water partition coefficient (Wildman–Crippen LogP) is 3.18. The summed E-state index contributed by atoms with van der Waals surface area (Å²) in [4.78, 5) is 11.1. The second kappa shape index (κ2) is 5.29. The standard InChI is InChI=1S/C11H8BrNO3S/c12-8-1-3-9(4-2-8)16-6-7-5-13-17-10(7)11(14)15/h1-5H,6H2,(H,14,15). The van der Waals surface area contributed by atoms with Crippen LogP contribution in [0.3, 0.4) is 0 Å². The van der Waals surface area contributed by atoms with Crippen LogP contribution in [-0.2, 0) is 6.61 Å². The third-order valence-corrected chi connectivity index (χ3v) is 3.41. The molecule has 6 heteroatoms. The van der Waals surface area contributed by atoms with E-state index in [2.05, 4.69) is 20.3 Å². The molecule has 0 atom stereocenters. The topological polar surface area (TPSA) is 59.4 Å². The fraction of sp³-hybridized carbons (Fsp3) is 0.0909. The van der Waals surface area contributed by atoms with Gasteiger partial charge < -0.3 is 9.84 Å². The first-order valence-electron chi connectivity index (χ1n) is 4.72. The van der Waals surface area contributed by atoms with Gasteiger partial charge in [-0.1, -0.05) is 15.9 Å². The molecule has 0 bridgehead atoms. The SMILES string of the molecule is O=C(O)c1sncc1COc1ccc(Br)cc1. The van der Waals surface area contributed by atoms with Gasteiger partial charge in [0.15, 0.2) is 0 Å². The summed E-state index contributed by atoms with van der Waals surface area (Å²) in [5.41, 5.74) is 0.588. The zero-order chi connectivity index (χ0) is 12.3. The first-order valence-corrected chi connectivity index (χ1v) is 6.28. The van der Waals surface area contributed by atoms with Crippen molar-refractivity contribution in [2.75, 3.05) is 0 Å². The van der Waals surface area contributed by atoms with Crippen LogP contribution in [0.5, 0.6) is 5.75 Å². The van der Waals surface area contributed by atoms with E-state index in [-0.39, 0.29) is 11.5 Å². The van der Waals surface area contributed by atoms with Crippen LogP contribution in [0.2, 0.25) is 0 Å². The van der Waals surface area contributed by atoms with Crippen molar-refractivity contribution >= 4 is 33.4 Å². The van der Waals surface area contributed by atoms with Crippen molar-refractivity contribution in [3.63, 3.8) is 0 Å². The van der Waals surface area contributed by atoms with Gasteiger partial charge >= 0.3 is 5.97 Å². The molecule has 0 saturated carbocycles. The fourth-order valence-electron chi connectivity index (χ4n) is 1.23. The lowest BCUT2D eigenvalue weighted by atomic mass is 10.3. The number of nitrogens with zero attached hydrogens (tertiary/aromatic N) is 1. The quantitative estimate of drug-likeness (QED) is 0.941. The molecule has 4 nitrogen and oxygen atoms in total. The van der Waals surface area contributed by atoms with Crippen LogP contribution in [-0.4, -0.2) is 15.4 Å². The third kappa shape index (κ3) is 3.04. The van der Waals surface area contributed by atoms with Gasteiger partial charge in [0.2, 0.25) is 0 Å². The van der Waals surface area contributed by atoms with Gasteiger partial charge in [-0.2, -0.15) is 4.37 Å². The molecule has 2 rings (SSSR count). The van der Waals surface area contributed by atoms with E-state index >= 15 is 0 Å². The molecule has 0 amide bonds. The highest BCUT2D eigenvalue weighted by molar-refractivity contribution is 9.10. The number of carboxylic acids is 1. The predicted molar refractivity (Wildman–Crippen MR) is 67.5 cm³/mol. The number of benzene rings is 1. The summed E-state index contributed by atoms with van der Waals surface area (Å²) in [6, 6.07) is 7.34. The summed E-state index contributed by atoms with van der Waals surface area (Å²) in [7, 11) is 0. The summed E-state index contributed by atoms with van der Waals surface area (Å²) in [5, 5.41) is 8.90. The summed E-state index contributed by atoms with van der Waals surface area (Å²) >= 11 is 4.28. The molecule has 0 aliphatic carbocycles. The molecule has 0 saturated heterocycles. The second-order valence-corrected chi connectivity index (χ2v) is 4.95. The van der Waals surface area contributed by atoms with Crippen LogP contribution >= 0.6 is 27.5 Å². The van der Waals surface area contributed by atoms with E-state index in [0.717, 1.165) is 16.0 Å². The molecular weight excluding hydrogens is 306 g/mol. The lowest BCUT2D eigenvalue weighted by molar-refractivity contribution is 0.0699. The molecule has 0 unspecified atom stereocenters. The molecular formula is C11H8BrNO3S. The Labute approximate surface area is 110 Å². The Morgan fingerprint density at radius 3 is 2.76 bits per heavy atom. The lowest BCUT2D eigenvalue weighted by Gasteiger charge is -2.05. The van der Waals surface area contributed by atoms with Gasteiger partial charge in [-0.05, 0) is 35.8 Å². The summed E-state index contributed by atoms with van der Waals surface area (Å²) in [5.74, 6) is -0.280. The first kappa shape index (κ1) is 12.1. The van der Waals surface area contributed by atoms with E-state index in [1.165, 1.54) is 6.20 Å². The monoisotopic (exact) mass is 313 g/mol. The molecule has 0 aliphatic rings. The van der Waals surface area contributed by atoms with Crippen LogP contribution in [0.4, 0.5) is 0 Å². The normalized spacial score (nSPS) is 10.2. The largest absolute Gasteiger partial charge is 0.489 e. The Morgan fingerprint density at radius 1 is 1.41 bits per heavy atom. The molecule has 17 heavy (non-hydrogen) atoms. The minimum absolute atomic E-state index is 0.208. The molecule has 1 aromatic carbocycles. The van der Waals surface area contributed by atoms with Crippen LogP contribution in [0, 0.1) is 0 Å². The highest BCUT2D eigenvalue weighted by atomic mass is 79.9. The van der Waals surface area contributed by atoms with Crippen molar-refractivity contribution in [3.05, 3.63) is 45.4 Å². The zero-order valence-electron chi connectivity index (χ0n) is 8.59. The Bertz CT molecular complexity index is 524. The maximum atomic E-state index is 10.8. The summed E-state index contributed by atoms with van der Waals surface area (Å²) in [6.45, 7) is 0.208. The minimum Gasteiger partial charge on any atom is -0.489 e. The highest BCUT2D eigenvalue weighted by Gasteiger charge is 2.13. The van der Waals surface area contributed by atoms with Crippen molar-refractivity contribution < 1.29 is 14.6 Å². The van der Waals surface area contributed by atoms with Crippen LogP contribution in [0.15, 0.2) is 34.9 Å². The fourth-order valence-corrected chi connectivity index (χ4v) is 2.09. The van der Waals surface area contributed by atoms with Gasteiger partial charge in [-0.3, -0.25) is 0 Å². The lowest BCUT2D eigenvalue weighted by Crippen LogP contribution is -2.01. The molecule has 0 radical (unpaired) electrons. The van der Waals surface area contributed by atoms with Gasteiger partial charge in [0.1, 0.15) is 17.2 Å². The van der Waals surface area contributed by atoms with Crippen LogP contribution in [0.25, 0.3) is 0 Å². The Balaban J connectivity index is 2.05. The van der Waals surface area contributed by atoms with Crippen molar-refractivity contribution in [1.29, 1.82) is 0 Å². The van der Waals surface area contributed by atoms with Gasteiger partial charge in [-0.15, -0.1) is 0 Å². The second-order valence-electron chi connectivity index (χ2n) is 3.23. The smallest absolute Gasteiger partial charge is 0.347 e. The molecule has 88 valence electrons. The van der Waals surface area contributed by atoms with E-state index in [9.17, 15) is 4.79 Å². The van der Waals surface area contributed by atoms with Gasteiger partial charge in [0.05, 0.1) is 0 Å². The van der Waals surface area contributed by atoms with E-state index in [1.807, 2.05) is 24.3 Å². The number of halogens is 1. The average Bonchev–Trinajstić information content (AvgIpc) is 2.76. The van der Waals surface area contributed by atoms with E-state index in [1.54, 1.807) is 0 Å². The summed E-state index contributed by atoms with van der Waals surface area (Å²) in [6.07, 6.45) is 1.52. The number of carbonyl (C=O) groups is 1. The molecule has 1 N–H and O–H groups in total. The Morgan fingerprint density at radius 2 is 2.12 bits per heavy atom. The molecule has 1 heterocycles. The number of ether oxygens (including phenoxy) is 1. The van der Waals surface area contributed by atoms with E-state index in [0.29, 0.717) is 11.3 Å². The van der Waals surface area contributed by atoms with E-state index < -0.39 is 5.97 Å². The maximum Gasteiger partial charge on any atom is 0.347 e. The molecule has 2 aromatic rings. The number of rotatable bonds is 4. The zero-order valence-corrected chi connectivity index (χ0v) is 11.0.